The van der Waals surface area contributed by atoms with Crippen LogP contribution >= 0.6 is 11.8 Å². The van der Waals surface area contributed by atoms with Crippen molar-refractivity contribution in [1.29, 1.82) is 0 Å². The van der Waals surface area contributed by atoms with Crippen LogP contribution in [0, 0.1) is 0 Å². The Kier molecular flexibility index (Phi) is 10.0. The normalized spacial score (nSPS) is 11.4. The van der Waals surface area contributed by atoms with Gasteiger partial charge in [-0.2, -0.15) is 11.8 Å². The molecule has 0 aliphatic heterocycles. The van der Waals surface area contributed by atoms with Crippen molar-refractivity contribution >= 4 is 23.6 Å². The highest BCUT2D eigenvalue weighted by atomic mass is 32.2. The second-order valence-electron chi connectivity index (χ2n) is 6.64. The first-order chi connectivity index (χ1) is 15.0. The molecule has 2 aromatic rings. The van der Waals surface area contributed by atoms with E-state index >= 15 is 0 Å². The maximum absolute atomic E-state index is 12.8. The number of methoxy groups -OCH3 is 2. The predicted octanol–water partition coefficient (Wildman–Crippen LogP) is 3.27. The van der Waals surface area contributed by atoms with Crippen LogP contribution in [0.15, 0.2) is 42.5 Å². The van der Waals surface area contributed by atoms with Gasteiger partial charge in [0, 0.05) is 6.54 Å². The summed E-state index contributed by atoms with van der Waals surface area (Å²) >= 11 is 1.62. The Morgan fingerprint density at radius 1 is 1.03 bits per heavy atom. The van der Waals surface area contributed by atoms with Gasteiger partial charge in [0.2, 0.25) is 5.91 Å². The molecule has 2 N–H and O–H groups in total. The first kappa shape index (κ1) is 24.4. The molecule has 7 nitrogen and oxygen atoms in total. The quantitative estimate of drug-likeness (QED) is 0.521. The molecule has 0 saturated heterocycles. The van der Waals surface area contributed by atoms with Crippen molar-refractivity contribution in [3.8, 4) is 17.2 Å². The van der Waals surface area contributed by atoms with Crippen molar-refractivity contribution in [1.82, 2.24) is 10.6 Å². The largest absolute Gasteiger partial charge is 0.496 e. The van der Waals surface area contributed by atoms with Gasteiger partial charge < -0.3 is 24.8 Å². The zero-order valence-electron chi connectivity index (χ0n) is 18.4. The van der Waals surface area contributed by atoms with Gasteiger partial charge in [-0.15, -0.1) is 0 Å². The molecule has 0 aliphatic rings. The minimum Gasteiger partial charge on any atom is -0.496 e. The fourth-order valence-electron chi connectivity index (χ4n) is 2.98. The van der Waals surface area contributed by atoms with Crippen molar-refractivity contribution in [2.75, 3.05) is 32.8 Å². The highest BCUT2D eigenvalue weighted by Gasteiger charge is 2.22. The number of nitrogens with one attached hydrogen (secondary N) is 2. The predicted molar refractivity (Wildman–Crippen MR) is 123 cm³/mol. The van der Waals surface area contributed by atoms with Crippen molar-refractivity contribution in [3.05, 3.63) is 53.6 Å². The topological polar surface area (TPSA) is 85.9 Å². The summed E-state index contributed by atoms with van der Waals surface area (Å²) in [5.74, 6) is 1.87. The van der Waals surface area contributed by atoms with Gasteiger partial charge in [0.15, 0.2) is 11.5 Å². The maximum Gasteiger partial charge on any atom is 0.255 e. The molecule has 1 unspecified atom stereocenters. The highest BCUT2D eigenvalue weighted by Crippen LogP contribution is 2.28. The van der Waals surface area contributed by atoms with Gasteiger partial charge in [-0.05, 0) is 55.2 Å². The summed E-state index contributed by atoms with van der Waals surface area (Å²) in [4.78, 5) is 25.6. The molecule has 0 aromatic heterocycles. The molecule has 0 saturated carbocycles. The zero-order chi connectivity index (χ0) is 22.6. The molecule has 31 heavy (non-hydrogen) atoms. The van der Waals surface area contributed by atoms with Gasteiger partial charge in [-0.25, -0.2) is 0 Å². The number of benzene rings is 2. The van der Waals surface area contributed by atoms with Gasteiger partial charge in [0.05, 0.1) is 26.4 Å². The Balaban J connectivity index is 2.06. The summed E-state index contributed by atoms with van der Waals surface area (Å²) in [7, 11) is 3.08. The van der Waals surface area contributed by atoms with E-state index in [-0.39, 0.29) is 11.8 Å². The molecule has 2 rings (SSSR count). The third-order valence-electron chi connectivity index (χ3n) is 4.58. The smallest absolute Gasteiger partial charge is 0.255 e. The number of carbonyl (C=O) groups is 2. The fourth-order valence-corrected chi connectivity index (χ4v) is 3.45. The molecule has 0 aliphatic carbocycles. The van der Waals surface area contributed by atoms with E-state index in [9.17, 15) is 9.59 Å². The molecule has 0 fully saturated rings. The summed E-state index contributed by atoms with van der Waals surface area (Å²) in [6, 6.07) is 11.8. The van der Waals surface area contributed by atoms with Crippen LogP contribution in [0.3, 0.4) is 0 Å². The third kappa shape index (κ3) is 7.10. The van der Waals surface area contributed by atoms with Gasteiger partial charge in [-0.3, -0.25) is 9.59 Å². The average molecular weight is 447 g/mol. The first-order valence-electron chi connectivity index (χ1n) is 10.0. The number of ether oxygens (including phenoxy) is 3. The van der Waals surface area contributed by atoms with Crippen molar-refractivity contribution in [2.24, 2.45) is 0 Å². The molecular formula is C23H30N2O5S. The Bertz CT molecular complexity index is 875. The van der Waals surface area contributed by atoms with Crippen LogP contribution in [0.5, 0.6) is 17.2 Å². The van der Waals surface area contributed by atoms with Gasteiger partial charge in [0.1, 0.15) is 11.8 Å². The Morgan fingerprint density at radius 2 is 1.77 bits per heavy atom. The lowest BCUT2D eigenvalue weighted by atomic mass is 10.1. The standard InChI is InChI=1S/C23H30N2O5S/c1-5-30-20-11-10-16(14-21(20)29-3)15-24-23(27)18(12-13-31-4)25-22(26)17-8-6-7-9-19(17)28-2/h6-11,14,18H,5,12-13,15H2,1-4H3,(H,24,27)(H,25,26). The van der Waals surface area contributed by atoms with Crippen LogP contribution in [0.2, 0.25) is 0 Å². The number of thioether (sulfide) groups is 1. The molecule has 0 radical (unpaired) electrons. The van der Waals surface area contributed by atoms with Crippen molar-refractivity contribution in [2.45, 2.75) is 25.9 Å². The molecule has 0 spiro atoms. The lowest BCUT2D eigenvalue weighted by Crippen LogP contribution is -2.47. The minimum absolute atomic E-state index is 0.245. The number of hydrogen-bond donors (Lipinski definition) is 2. The van der Waals surface area contributed by atoms with Crippen LogP contribution in [0.4, 0.5) is 0 Å². The van der Waals surface area contributed by atoms with E-state index < -0.39 is 6.04 Å². The summed E-state index contributed by atoms with van der Waals surface area (Å²) in [6.07, 6.45) is 2.48. The van der Waals surface area contributed by atoms with E-state index in [0.29, 0.717) is 42.4 Å². The van der Waals surface area contributed by atoms with E-state index in [4.69, 9.17) is 14.2 Å². The monoisotopic (exact) mass is 446 g/mol. The summed E-state index contributed by atoms with van der Waals surface area (Å²) < 4.78 is 16.1. The van der Waals surface area contributed by atoms with Crippen molar-refractivity contribution < 1.29 is 23.8 Å². The van der Waals surface area contributed by atoms with Gasteiger partial charge in [-0.1, -0.05) is 18.2 Å². The third-order valence-corrected chi connectivity index (χ3v) is 5.22. The SMILES string of the molecule is CCOc1ccc(CNC(=O)C(CCSC)NC(=O)c2ccccc2OC)cc1OC. The first-order valence-corrected chi connectivity index (χ1v) is 11.4. The van der Waals surface area contributed by atoms with E-state index in [1.54, 1.807) is 43.1 Å². The van der Waals surface area contributed by atoms with Crippen LogP contribution in [0.1, 0.15) is 29.3 Å². The Hall–Kier alpha value is -2.87. The van der Waals surface area contributed by atoms with E-state index in [0.717, 1.165) is 11.3 Å². The molecule has 168 valence electrons. The number of carbonyl (C=O) groups excluding carboxylic acids is 2. The lowest BCUT2D eigenvalue weighted by Gasteiger charge is -2.19. The minimum atomic E-state index is -0.658. The number of rotatable bonds is 12. The van der Waals surface area contributed by atoms with Gasteiger partial charge in [0.25, 0.3) is 5.91 Å². The number of para-hydroxylation sites is 1. The number of hydrogen-bond acceptors (Lipinski definition) is 6. The summed E-state index contributed by atoms with van der Waals surface area (Å²) in [5.41, 5.74) is 1.26. The summed E-state index contributed by atoms with van der Waals surface area (Å²) in [6.45, 7) is 2.75. The molecular weight excluding hydrogens is 416 g/mol. The van der Waals surface area contributed by atoms with Crippen LogP contribution in [-0.4, -0.2) is 50.7 Å². The summed E-state index contributed by atoms with van der Waals surface area (Å²) in [5, 5.41) is 5.74. The number of amides is 2. The Morgan fingerprint density at radius 3 is 2.45 bits per heavy atom. The average Bonchev–Trinajstić information content (AvgIpc) is 2.80. The molecule has 2 amide bonds. The van der Waals surface area contributed by atoms with E-state index in [1.807, 2.05) is 31.4 Å². The second kappa shape index (κ2) is 12.7. The molecule has 0 bridgehead atoms. The van der Waals surface area contributed by atoms with Crippen LogP contribution in [-0.2, 0) is 11.3 Å². The van der Waals surface area contributed by atoms with Crippen LogP contribution < -0.4 is 24.8 Å². The maximum atomic E-state index is 12.8. The van der Waals surface area contributed by atoms with E-state index in [1.165, 1.54) is 7.11 Å². The lowest BCUT2D eigenvalue weighted by molar-refractivity contribution is -0.123. The highest BCUT2D eigenvalue weighted by molar-refractivity contribution is 7.98. The molecule has 0 heterocycles. The molecule has 2 aromatic carbocycles. The molecule has 8 heteroatoms. The zero-order valence-corrected chi connectivity index (χ0v) is 19.2. The second-order valence-corrected chi connectivity index (χ2v) is 7.63. The van der Waals surface area contributed by atoms with Crippen molar-refractivity contribution in [3.63, 3.8) is 0 Å². The fraction of sp³-hybridized carbons (Fsp3) is 0.391. The van der Waals surface area contributed by atoms with Gasteiger partial charge >= 0.3 is 0 Å². The Labute approximate surface area is 187 Å². The van der Waals surface area contributed by atoms with E-state index in [2.05, 4.69) is 10.6 Å². The van der Waals surface area contributed by atoms with Crippen LogP contribution in [0.25, 0.3) is 0 Å². The molecule has 1 atom stereocenters.